The molecule has 0 aliphatic carbocycles. The molecule has 6 heteroatoms. The van der Waals surface area contributed by atoms with Gasteiger partial charge in [0.25, 0.3) is 5.69 Å². The average molecular weight is 254 g/mol. The molecule has 18 heavy (non-hydrogen) atoms. The normalized spacial score (nSPS) is 11.9. The van der Waals surface area contributed by atoms with Crippen molar-refractivity contribution in [1.29, 1.82) is 0 Å². The molecular formula is C12H18N2O4. The Bertz CT molecular complexity index is 409. The summed E-state index contributed by atoms with van der Waals surface area (Å²) in [6.45, 7) is 2.00. The highest BCUT2D eigenvalue weighted by atomic mass is 16.6. The fraction of sp³-hybridized carbons (Fsp3) is 0.500. The molecule has 2 N–H and O–H groups in total. The molecule has 0 heterocycles. The van der Waals surface area contributed by atoms with E-state index in [2.05, 4.69) is 5.32 Å². The highest BCUT2D eigenvalue weighted by Gasteiger charge is 2.17. The summed E-state index contributed by atoms with van der Waals surface area (Å²) < 4.78 is 5.05. The van der Waals surface area contributed by atoms with Gasteiger partial charge in [0.1, 0.15) is 11.4 Å². The number of rotatable bonds is 7. The minimum Gasteiger partial charge on any atom is -0.497 e. The predicted octanol–water partition coefficient (Wildman–Crippen LogP) is 2.18. The van der Waals surface area contributed by atoms with Crippen LogP contribution in [-0.2, 0) is 0 Å². The zero-order valence-corrected chi connectivity index (χ0v) is 10.5. The van der Waals surface area contributed by atoms with Gasteiger partial charge in [0.15, 0.2) is 0 Å². The predicted molar refractivity (Wildman–Crippen MR) is 69.1 cm³/mol. The smallest absolute Gasteiger partial charge is 0.292 e. The molecule has 100 valence electrons. The second kappa shape index (κ2) is 6.80. The molecular weight excluding hydrogens is 236 g/mol. The fourth-order valence-corrected chi connectivity index (χ4v) is 1.67. The van der Waals surface area contributed by atoms with Crippen LogP contribution in [0.25, 0.3) is 0 Å². The van der Waals surface area contributed by atoms with Crippen molar-refractivity contribution in [1.82, 2.24) is 0 Å². The van der Waals surface area contributed by atoms with E-state index < -0.39 is 4.92 Å². The van der Waals surface area contributed by atoms with E-state index in [0.29, 0.717) is 17.9 Å². The van der Waals surface area contributed by atoms with Gasteiger partial charge in [-0.25, -0.2) is 0 Å². The number of anilines is 1. The van der Waals surface area contributed by atoms with E-state index in [0.717, 1.165) is 6.42 Å². The van der Waals surface area contributed by atoms with Gasteiger partial charge in [0.05, 0.1) is 12.0 Å². The lowest BCUT2D eigenvalue weighted by Crippen LogP contribution is -2.20. The van der Waals surface area contributed by atoms with Crippen LogP contribution in [0.3, 0.4) is 0 Å². The maximum atomic E-state index is 10.9. The number of aliphatic hydroxyl groups is 1. The standard InChI is InChI=1S/C12H18N2O4/c1-3-9(6-7-15)13-11-8-10(18-2)4-5-12(11)14(16)17/h4-5,8-9,13,15H,3,6-7H2,1-2H3. The summed E-state index contributed by atoms with van der Waals surface area (Å²) in [7, 11) is 1.51. The van der Waals surface area contributed by atoms with Crippen molar-refractivity contribution in [2.24, 2.45) is 0 Å². The van der Waals surface area contributed by atoms with Gasteiger partial charge in [-0.15, -0.1) is 0 Å². The van der Waals surface area contributed by atoms with Crippen molar-refractivity contribution in [2.45, 2.75) is 25.8 Å². The Kier molecular flexibility index (Phi) is 5.38. The molecule has 1 atom stereocenters. The third-order valence-corrected chi connectivity index (χ3v) is 2.73. The van der Waals surface area contributed by atoms with Crippen molar-refractivity contribution in [3.8, 4) is 5.75 Å². The van der Waals surface area contributed by atoms with Crippen LogP contribution in [-0.4, -0.2) is 29.8 Å². The van der Waals surface area contributed by atoms with Crippen LogP contribution in [0.15, 0.2) is 18.2 Å². The molecule has 0 bridgehead atoms. The Balaban J connectivity index is 2.99. The van der Waals surface area contributed by atoms with Crippen LogP contribution in [0.2, 0.25) is 0 Å². The number of nitrogens with zero attached hydrogens (tertiary/aromatic N) is 1. The Labute approximate surface area is 106 Å². The summed E-state index contributed by atoms with van der Waals surface area (Å²) in [5.74, 6) is 0.557. The minimum atomic E-state index is -0.437. The van der Waals surface area contributed by atoms with Crippen molar-refractivity contribution >= 4 is 11.4 Å². The third-order valence-electron chi connectivity index (χ3n) is 2.73. The van der Waals surface area contributed by atoms with E-state index >= 15 is 0 Å². The SMILES string of the molecule is CCC(CCO)Nc1cc(OC)ccc1[N+](=O)[O-]. The number of nitro groups is 1. The average Bonchev–Trinajstić information content (AvgIpc) is 2.37. The van der Waals surface area contributed by atoms with Gasteiger partial charge in [0.2, 0.25) is 0 Å². The van der Waals surface area contributed by atoms with Gasteiger partial charge >= 0.3 is 0 Å². The summed E-state index contributed by atoms with van der Waals surface area (Å²) in [5.41, 5.74) is 0.423. The molecule has 0 amide bonds. The molecule has 1 rings (SSSR count). The van der Waals surface area contributed by atoms with Crippen molar-refractivity contribution < 1.29 is 14.8 Å². The Morgan fingerprint density at radius 3 is 2.78 bits per heavy atom. The molecule has 1 unspecified atom stereocenters. The van der Waals surface area contributed by atoms with E-state index in [1.165, 1.54) is 13.2 Å². The molecule has 1 aromatic carbocycles. The number of benzene rings is 1. The highest BCUT2D eigenvalue weighted by molar-refractivity contribution is 5.64. The van der Waals surface area contributed by atoms with Crippen LogP contribution >= 0.6 is 0 Å². The highest BCUT2D eigenvalue weighted by Crippen LogP contribution is 2.29. The summed E-state index contributed by atoms with van der Waals surface area (Å²) >= 11 is 0. The number of nitrogens with one attached hydrogen (secondary N) is 1. The van der Waals surface area contributed by atoms with Crippen molar-refractivity contribution in [2.75, 3.05) is 19.0 Å². The quantitative estimate of drug-likeness (QED) is 0.575. The van der Waals surface area contributed by atoms with Crippen LogP contribution in [0.1, 0.15) is 19.8 Å². The second-order valence-electron chi connectivity index (χ2n) is 3.90. The zero-order chi connectivity index (χ0) is 13.5. The summed E-state index contributed by atoms with van der Waals surface area (Å²) in [5, 5.41) is 22.9. The first kappa shape index (κ1) is 14.2. The van der Waals surface area contributed by atoms with Gasteiger partial charge in [-0.05, 0) is 18.9 Å². The van der Waals surface area contributed by atoms with Crippen LogP contribution < -0.4 is 10.1 Å². The number of nitro benzene ring substituents is 1. The van der Waals surface area contributed by atoms with Crippen LogP contribution in [0.5, 0.6) is 5.75 Å². The molecule has 0 radical (unpaired) electrons. The molecule has 0 saturated heterocycles. The first-order valence-corrected chi connectivity index (χ1v) is 5.82. The van der Waals surface area contributed by atoms with Crippen molar-refractivity contribution in [3.05, 3.63) is 28.3 Å². The molecule has 0 aliphatic rings. The van der Waals surface area contributed by atoms with Gasteiger partial charge in [-0.3, -0.25) is 10.1 Å². The summed E-state index contributed by atoms with van der Waals surface area (Å²) in [6.07, 6.45) is 1.32. The van der Waals surface area contributed by atoms with E-state index in [9.17, 15) is 10.1 Å². The lowest BCUT2D eigenvalue weighted by Gasteiger charge is -2.17. The fourth-order valence-electron chi connectivity index (χ4n) is 1.67. The maximum Gasteiger partial charge on any atom is 0.292 e. The zero-order valence-electron chi connectivity index (χ0n) is 10.5. The first-order valence-electron chi connectivity index (χ1n) is 5.82. The molecule has 0 fully saturated rings. The van der Waals surface area contributed by atoms with E-state index in [4.69, 9.17) is 9.84 Å². The molecule has 1 aromatic rings. The lowest BCUT2D eigenvalue weighted by atomic mass is 10.1. The number of aliphatic hydroxyl groups excluding tert-OH is 1. The number of hydrogen-bond donors (Lipinski definition) is 2. The maximum absolute atomic E-state index is 10.9. The number of ether oxygens (including phenoxy) is 1. The minimum absolute atomic E-state index is 0.000746. The van der Waals surface area contributed by atoms with Gasteiger partial charge in [-0.2, -0.15) is 0 Å². The number of methoxy groups -OCH3 is 1. The van der Waals surface area contributed by atoms with Crippen LogP contribution in [0.4, 0.5) is 11.4 Å². The Morgan fingerprint density at radius 2 is 2.28 bits per heavy atom. The summed E-state index contributed by atoms with van der Waals surface area (Å²) in [4.78, 5) is 10.5. The second-order valence-corrected chi connectivity index (χ2v) is 3.90. The van der Waals surface area contributed by atoms with Crippen LogP contribution in [0, 0.1) is 10.1 Å². The Hall–Kier alpha value is -1.82. The first-order chi connectivity index (χ1) is 8.62. The molecule has 0 aromatic heterocycles. The Morgan fingerprint density at radius 1 is 1.56 bits per heavy atom. The van der Waals surface area contributed by atoms with Gasteiger partial charge in [-0.1, -0.05) is 6.92 Å². The number of hydrogen-bond acceptors (Lipinski definition) is 5. The molecule has 0 spiro atoms. The van der Waals surface area contributed by atoms with E-state index in [1.807, 2.05) is 6.92 Å². The summed E-state index contributed by atoms with van der Waals surface area (Å²) in [6, 6.07) is 4.56. The molecule has 6 nitrogen and oxygen atoms in total. The van der Waals surface area contributed by atoms with Gasteiger partial charge in [0, 0.05) is 24.8 Å². The lowest BCUT2D eigenvalue weighted by molar-refractivity contribution is -0.384. The van der Waals surface area contributed by atoms with Gasteiger partial charge < -0.3 is 15.2 Å². The molecule has 0 aliphatic heterocycles. The monoisotopic (exact) mass is 254 g/mol. The third kappa shape index (κ3) is 3.59. The topological polar surface area (TPSA) is 84.6 Å². The molecule has 0 saturated carbocycles. The van der Waals surface area contributed by atoms with E-state index in [1.54, 1.807) is 12.1 Å². The largest absolute Gasteiger partial charge is 0.497 e. The van der Waals surface area contributed by atoms with E-state index in [-0.39, 0.29) is 18.3 Å². The van der Waals surface area contributed by atoms with Crippen molar-refractivity contribution in [3.63, 3.8) is 0 Å².